The molecule has 6 nitrogen and oxygen atoms in total. The van der Waals surface area contributed by atoms with Crippen molar-refractivity contribution in [3.63, 3.8) is 0 Å². The van der Waals surface area contributed by atoms with E-state index in [2.05, 4.69) is 26.1 Å². The third kappa shape index (κ3) is 4.35. The van der Waals surface area contributed by atoms with Gasteiger partial charge in [-0.15, -0.1) is 0 Å². The number of benzene rings is 1. The van der Waals surface area contributed by atoms with Crippen molar-refractivity contribution in [2.45, 2.75) is 38.8 Å². The molecule has 124 valence electrons. The maximum Gasteiger partial charge on any atom is 0.323 e. The molecule has 6 heteroatoms. The van der Waals surface area contributed by atoms with E-state index in [1.165, 1.54) is 0 Å². The van der Waals surface area contributed by atoms with Crippen LogP contribution in [0.3, 0.4) is 0 Å². The molecule has 0 aliphatic rings. The number of carboxylic acids is 1. The summed E-state index contributed by atoms with van der Waals surface area (Å²) in [7, 11) is 3.12. The van der Waals surface area contributed by atoms with Crippen LogP contribution < -0.4 is 14.8 Å². The van der Waals surface area contributed by atoms with Crippen molar-refractivity contribution in [1.29, 1.82) is 0 Å². The van der Waals surface area contributed by atoms with E-state index >= 15 is 0 Å². The van der Waals surface area contributed by atoms with Crippen LogP contribution in [0.2, 0.25) is 0 Å². The molecule has 3 N–H and O–H groups in total. The quantitative estimate of drug-likeness (QED) is 0.708. The fourth-order valence-electron chi connectivity index (χ4n) is 2.05. The van der Waals surface area contributed by atoms with Gasteiger partial charge in [-0.1, -0.05) is 20.8 Å². The molecule has 0 saturated heterocycles. The summed E-state index contributed by atoms with van der Waals surface area (Å²) in [6.07, 6.45) is 0. The van der Waals surface area contributed by atoms with Crippen LogP contribution in [0, 0.1) is 0 Å². The number of nitrogens with one attached hydrogen (secondary N) is 1. The molecule has 1 aromatic rings. The maximum absolute atomic E-state index is 11.0. The predicted octanol–water partition coefficient (Wildman–Crippen LogP) is 1.54. The fourth-order valence-corrected chi connectivity index (χ4v) is 2.05. The molecular formula is C16H25NO5. The van der Waals surface area contributed by atoms with E-state index in [-0.39, 0.29) is 12.0 Å². The van der Waals surface area contributed by atoms with Gasteiger partial charge < -0.3 is 19.7 Å². The number of hydrogen-bond acceptors (Lipinski definition) is 5. The summed E-state index contributed by atoms with van der Waals surface area (Å²) in [5.41, 5.74) is 1.71. The Morgan fingerprint density at radius 1 is 1.23 bits per heavy atom. The summed E-state index contributed by atoms with van der Waals surface area (Å²) in [4.78, 5) is 11.0. The van der Waals surface area contributed by atoms with Crippen molar-refractivity contribution in [1.82, 2.24) is 5.32 Å². The molecule has 1 unspecified atom stereocenters. The Hall–Kier alpha value is -1.79. The average Bonchev–Trinajstić information content (AvgIpc) is 2.45. The van der Waals surface area contributed by atoms with Gasteiger partial charge in [0, 0.05) is 12.1 Å². The number of methoxy groups -OCH3 is 2. The molecule has 0 bridgehead atoms. The highest BCUT2D eigenvalue weighted by Gasteiger charge is 2.22. The van der Waals surface area contributed by atoms with Crippen LogP contribution in [-0.2, 0) is 16.8 Å². The number of hydrogen-bond donors (Lipinski definition) is 3. The summed E-state index contributed by atoms with van der Waals surface area (Å²) >= 11 is 0. The zero-order valence-corrected chi connectivity index (χ0v) is 13.8. The topological polar surface area (TPSA) is 88.0 Å². The molecule has 0 fully saturated rings. The lowest BCUT2D eigenvalue weighted by Gasteiger charge is -2.23. The van der Waals surface area contributed by atoms with Gasteiger partial charge in [-0.25, -0.2) is 0 Å². The summed E-state index contributed by atoms with van der Waals surface area (Å²) < 4.78 is 10.8. The van der Waals surface area contributed by atoms with Crippen LogP contribution in [0.4, 0.5) is 0 Å². The van der Waals surface area contributed by atoms with E-state index in [0.29, 0.717) is 11.5 Å². The van der Waals surface area contributed by atoms with Gasteiger partial charge in [0.25, 0.3) is 0 Å². The predicted molar refractivity (Wildman–Crippen MR) is 83.6 cm³/mol. The summed E-state index contributed by atoms with van der Waals surface area (Å²) in [5, 5.41) is 20.8. The highest BCUT2D eigenvalue weighted by Crippen LogP contribution is 2.35. The summed E-state index contributed by atoms with van der Waals surface area (Å²) in [6.45, 7) is 6.00. The first-order chi connectivity index (χ1) is 10.2. The molecule has 0 saturated carbocycles. The number of rotatable bonds is 7. The average molecular weight is 311 g/mol. The minimum Gasteiger partial charge on any atom is -0.496 e. The van der Waals surface area contributed by atoms with E-state index in [4.69, 9.17) is 19.7 Å². The van der Waals surface area contributed by atoms with Gasteiger partial charge in [-0.2, -0.15) is 0 Å². The van der Waals surface area contributed by atoms with Gasteiger partial charge >= 0.3 is 5.97 Å². The Bertz CT molecular complexity index is 497. The van der Waals surface area contributed by atoms with Gasteiger partial charge in [0.1, 0.15) is 17.5 Å². The zero-order chi connectivity index (χ0) is 16.9. The Morgan fingerprint density at radius 2 is 1.73 bits per heavy atom. The second-order valence-corrected chi connectivity index (χ2v) is 6.06. The second kappa shape index (κ2) is 7.47. The first-order valence-corrected chi connectivity index (χ1v) is 7.07. The highest BCUT2D eigenvalue weighted by molar-refractivity contribution is 5.73. The number of carboxylic acid groups (broad SMARTS) is 1. The van der Waals surface area contributed by atoms with Crippen molar-refractivity contribution >= 4 is 5.97 Å². The van der Waals surface area contributed by atoms with Crippen molar-refractivity contribution in [3.05, 3.63) is 23.3 Å². The molecule has 0 aliphatic carbocycles. The van der Waals surface area contributed by atoms with Crippen LogP contribution in [0.25, 0.3) is 0 Å². The third-order valence-corrected chi connectivity index (χ3v) is 3.48. The van der Waals surface area contributed by atoms with Crippen LogP contribution in [0.15, 0.2) is 12.1 Å². The molecule has 1 atom stereocenters. The Morgan fingerprint density at radius 3 is 2.05 bits per heavy atom. The van der Waals surface area contributed by atoms with Crippen molar-refractivity contribution in [3.8, 4) is 11.5 Å². The fraction of sp³-hybridized carbons (Fsp3) is 0.562. The summed E-state index contributed by atoms with van der Waals surface area (Å²) in [5.74, 6) is 0.143. The molecular weight excluding hydrogens is 286 g/mol. The van der Waals surface area contributed by atoms with Crippen molar-refractivity contribution in [2.24, 2.45) is 0 Å². The summed E-state index contributed by atoms with van der Waals surface area (Å²) in [6, 6.07) is 2.82. The van der Waals surface area contributed by atoms with Crippen LogP contribution in [0.1, 0.15) is 31.9 Å². The Kier molecular flexibility index (Phi) is 6.20. The highest BCUT2D eigenvalue weighted by atomic mass is 16.5. The number of carbonyl (C=O) groups is 1. The van der Waals surface area contributed by atoms with Gasteiger partial charge in [-0.3, -0.25) is 10.1 Å². The van der Waals surface area contributed by atoms with Crippen LogP contribution >= 0.6 is 0 Å². The molecule has 22 heavy (non-hydrogen) atoms. The lowest BCUT2D eigenvalue weighted by atomic mass is 9.86. The van der Waals surface area contributed by atoms with Crippen molar-refractivity contribution < 1.29 is 24.5 Å². The lowest BCUT2D eigenvalue weighted by molar-refractivity contribution is -0.140. The van der Waals surface area contributed by atoms with Crippen molar-refractivity contribution in [2.75, 3.05) is 20.8 Å². The Labute approximate surface area is 131 Å². The SMILES string of the molecule is COc1cc(C(C)(C)C)cc(OC)c1CNC(CO)C(=O)O. The van der Waals surface area contributed by atoms with Crippen LogP contribution in [-0.4, -0.2) is 43.1 Å². The third-order valence-electron chi connectivity index (χ3n) is 3.48. The number of aliphatic hydroxyl groups is 1. The van der Waals surface area contributed by atoms with E-state index in [0.717, 1.165) is 11.1 Å². The van der Waals surface area contributed by atoms with E-state index in [1.54, 1.807) is 14.2 Å². The maximum atomic E-state index is 11.0. The van der Waals surface area contributed by atoms with E-state index in [9.17, 15) is 4.79 Å². The molecule has 1 aromatic carbocycles. The minimum atomic E-state index is -1.10. The minimum absolute atomic E-state index is 0.0682. The first-order valence-electron chi connectivity index (χ1n) is 7.07. The lowest BCUT2D eigenvalue weighted by Crippen LogP contribution is -2.39. The molecule has 0 amide bonds. The number of ether oxygens (including phenoxy) is 2. The first kappa shape index (κ1) is 18.3. The molecule has 0 heterocycles. The zero-order valence-electron chi connectivity index (χ0n) is 13.8. The standard InChI is InChI=1S/C16H25NO5/c1-16(2,3)10-6-13(21-4)11(14(7-10)22-5)8-17-12(9-18)15(19)20/h6-7,12,17-18H,8-9H2,1-5H3,(H,19,20). The van der Waals surface area contributed by atoms with Gasteiger partial charge in [0.15, 0.2) is 0 Å². The molecule has 0 aliphatic heterocycles. The molecule has 1 rings (SSSR count). The van der Waals surface area contributed by atoms with E-state index in [1.807, 2.05) is 12.1 Å². The normalized spacial score (nSPS) is 12.8. The molecule has 0 radical (unpaired) electrons. The largest absolute Gasteiger partial charge is 0.496 e. The number of aliphatic carboxylic acids is 1. The monoisotopic (exact) mass is 311 g/mol. The second-order valence-electron chi connectivity index (χ2n) is 6.06. The smallest absolute Gasteiger partial charge is 0.323 e. The number of aliphatic hydroxyl groups excluding tert-OH is 1. The van der Waals surface area contributed by atoms with Gasteiger partial charge in [0.05, 0.1) is 20.8 Å². The molecule has 0 spiro atoms. The van der Waals surface area contributed by atoms with Gasteiger partial charge in [-0.05, 0) is 23.1 Å². The molecule has 0 aromatic heterocycles. The van der Waals surface area contributed by atoms with E-state index < -0.39 is 18.6 Å². The van der Waals surface area contributed by atoms with Crippen LogP contribution in [0.5, 0.6) is 11.5 Å². The van der Waals surface area contributed by atoms with Gasteiger partial charge in [0.2, 0.25) is 0 Å². The Balaban J connectivity index is 3.15.